The van der Waals surface area contributed by atoms with Gasteiger partial charge in [0.1, 0.15) is 0 Å². The topological polar surface area (TPSA) is 70.5 Å². The number of hydrogen-bond acceptors (Lipinski definition) is 5. The van der Waals surface area contributed by atoms with Gasteiger partial charge in [-0.25, -0.2) is 5.43 Å². The molecule has 0 radical (unpaired) electrons. The number of rotatable bonds is 6. The molecule has 1 saturated heterocycles. The van der Waals surface area contributed by atoms with Gasteiger partial charge in [0.2, 0.25) is 5.91 Å². The van der Waals surface area contributed by atoms with Crippen LogP contribution in [0.4, 0.5) is 5.82 Å². The van der Waals surface area contributed by atoms with Gasteiger partial charge in [0.25, 0.3) is 5.56 Å². The molecule has 35 heavy (non-hydrogen) atoms. The Morgan fingerprint density at radius 1 is 0.829 bits per heavy atom. The molecule has 4 aromatic rings. The van der Waals surface area contributed by atoms with Crippen LogP contribution in [-0.4, -0.2) is 46.9 Å². The number of nitrogens with zero attached hydrogens (tertiary/aromatic N) is 4. The van der Waals surface area contributed by atoms with E-state index in [1.54, 1.807) is 30.3 Å². The second-order valence-corrected chi connectivity index (χ2v) is 9.11. The zero-order chi connectivity index (χ0) is 24.2. The SMILES string of the molecule is O=C(Cc1ccc(Cl)cc1)Nn1nc(N2CCN(Cc3ccccc3)CC2)c2ccccc2c1=O. The van der Waals surface area contributed by atoms with Gasteiger partial charge in [0.05, 0.1) is 11.8 Å². The maximum Gasteiger partial charge on any atom is 0.294 e. The molecule has 1 N–H and O–H groups in total. The first-order valence-corrected chi connectivity index (χ1v) is 12.0. The van der Waals surface area contributed by atoms with E-state index in [1.165, 1.54) is 5.56 Å². The summed E-state index contributed by atoms with van der Waals surface area (Å²) in [6.45, 7) is 4.23. The summed E-state index contributed by atoms with van der Waals surface area (Å²) >= 11 is 5.93. The molecule has 1 amide bonds. The molecule has 178 valence electrons. The first-order valence-electron chi connectivity index (χ1n) is 11.6. The molecule has 1 aliphatic heterocycles. The van der Waals surface area contributed by atoms with E-state index in [-0.39, 0.29) is 17.9 Å². The average molecular weight is 488 g/mol. The summed E-state index contributed by atoms with van der Waals surface area (Å²) < 4.78 is 0. The van der Waals surface area contributed by atoms with Gasteiger partial charge in [-0.15, -0.1) is 9.89 Å². The Labute approximate surface area is 208 Å². The number of hydrogen-bond donors (Lipinski definition) is 1. The van der Waals surface area contributed by atoms with Crippen molar-refractivity contribution >= 4 is 34.1 Å². The number of anilines is 1. The van der Waals surface area contributed by atoms with E-state index in [4.69, 9.17) is 11.6 Å². The van der Waals surface area contributed by atoms with Crippen LogP contribution in [0.2, 0.25) is 5.02 Å². The molecular weight excluding hydrogens is 462 g/mol. The highest BCUT2D eigenvalue weighted by Gasteiger charge is 2.22. The second kappa shape index (κ2) is 10.3. The maximum atomic E-state index is 13.1. The predicted molar refractivity (Wildman–Crippen MR) is 139 cm³/mol. The van der Waals surface area contributed by atoms with Crippen LogP contribution in [0.5, 0.6) is 0 Å². The molecule has 2 heterocycles. The maximum absolute atomic E-state index is 13.1. The number of carbonyl (C=O) groups excluding carboxylic acids is 1. The third kappa shape index (κ3) is 5.37. The lowest BCUT2D eigenvalue weighted by atomic mass is 10.1. The van der Waals surface area contributed by atoms with Crippen molar-refractivity contribution in [1.29, 1.82) is 0 Å². The van der Waals surface area contributed by atoms with Crippen molar-refractivity contribution in [2.24, 2.45) is 0 Å². The summed E-state index contributed by atoms with van der Waals surface area (Å²) in [5.74, 6) is 0.377. The van der Waals surface area contributed by atoms with Crippen molar-refractivity contribution in [3.63, 3.8) is 0 Å². The average Bonchev–Trinajstić information content (AvgIpc) is 2.88. The van der Waals surface area contributed by atoms with Gasteiger partial charge in [-0.1, -0.05) is 72.3 Å². The largest absolute Gasteiger partial charge is 0.352 e. The Kier molecular flexibility index (Phi) is 6.79. The molecule has 0 unspecified atom stereocenters. The Bertz CT molecular complexity index is 1380. The molecule has 3 aromatic carbocycles. The minimum absolute atomic E-state index is 0.117. The van der Waals surface area contributed by atoms with Crippen molar-refractivity contribution in [2.75, 3.05) is 36.5 Å². The Balaban J connectivity index is 1.35. The number of piperazine rings is 1. The lowest BCUT2D eigenvalue weighted by Crippen LogP contribution is -2.47. The lowest BCUT2D eigenvalue weighted by Gasteiger charge is -2.35. The summed E-state index contributed by atoms with van der Waals surface area (Å²) in [5, 5.41) is 6.51. The normalized spacial score (nSPS) is 14.3. The van der Waals surface area contributed by atoms with Gasteiger partial charge < -0.3 is 4.90 Å². The third-order valence-corrected chi connectivity index (χ3v) is 6.47. The number of fused-ring (bicyclic) bond motifs is 1. The summed E-state index contributed by atoms with van der Waals surface area (Å²) in [6.07, 6.45) is 0.117. The molecular formula is C27H26ClN5O2. The van der Waals surface area contributed by atoms with Crippen LogP contribution in [-0.2, 0) is 17.8 Å². The van der Waals surface area contributed by atoms with E-state index in [0.717, 1.165) is 48.5 Å². The van der Waals surface area contributed by atoms with Crippen LogP contribution in [0.1, 0.15) is 11.1 Å². The minimum Gasteiger partial charge on any atom is -0.352 e. The number of benzene rings is 3. The van der Waals surface area contributed by atoms with E-state index >= 15 is 0 Å². The van der Waals surface area contributed by atoms with Crippen molar-refractivity contribution in [3.05, 3.63) is 105 Å². The molecule has 1 aliphatic rings. The Morgan fingerprint density at radius 2 is 1.49 bits per heavy atom. The van der Waals surface area contributed by atoms with Crippen LogP contribution >= 0.6 is 11.6 Å². The van der Waals surface area contributed by atoms with Gasteiger partial charge in [0, 0.05) is 43.1 Å². The monoisotopic (exact) mass is 487 g/mol. The molecule has 5 rings (SSSR count). The molecule has 7 nitrogen and oxygen atoms in total. The van der Waals surface area contributed by atoms with Crippen molar-refractivity contribution in [1.82, 2.24) is 14.8 Å². The summed E-state index contributed by atoms with van der Waals surface area (Å²) in [4.78, 5) is 31.5. The minimum atomic E-state index is -0.350. The standard InChI is InChI=1S/C27H26ClN5O2/c28-22-12-10-20(11-13-22)18-25(34)29-33-27(35)24-9-5-4-8-23(24)26(30-33)32-16-14-31(15-17-32)19-21-6-2-1-3-7-21/h1-13H,14-19H2,(H,29,34). The van der Waals surface area contributed by atoms with Gasteiger partial charge in [-0.05, 0) is 29.3 Å². The lowest BCUT2D eigenvalue weighted by molar-refractivity contribution is -0.116. The fourth-order valence-corrected chi connectivity index (χ4v) is 4.51. The highest BCUT2D eigenvalue weighted by molar-refractivity contribution is 6.30. The third-order valence-electron chi connectivity index (χ3n) is 6.21. The Morgan fingerprint density at radius 3 is 2.20 bits per heavy atom. The number of aromatic nitrogens is 2. The predicted octanol–water partition coefficient (Wildman–Crippen LogP) is 3.68. The Hall–Kier alpha value is -3.68. The quantitative estimate of drug-likeness (QED) is 0.449. The van der Waals surface area contributed by atoms with E-state index < -0.39 is 0 Å². The number of amides is 1. The van der Waals surface area contributed by atoms with Crippen LogP contribution in [0.15, 0.2) is 83.7 Å². The molecule has 1 aromatic heterocycles. The van der Waals surface area contributed by atoms with Gasteiger partial charge >= 0.3 is 0 Å². The smallest absolute Gasteiger partial charge is 0.294 e. The first kappa shape index (κ1) is 23.1. The molecule has 0 spiro atoms. The van der Waals surface area contributed by atoms with Crippen molar-refractivity contribution < 1.29 is 4.79 Å². The van der Waals surface area contributed by atoms with Crippen LogP contribution < -0.4 is 15.9 Å². The molecule has 0 bridgehead atoms. The van der Waals surface area contributed by atoms with E-state index in [1.807, 2.05) is 24.3 Å². The fourth-order valence-electron chi connectivity index (χ4n) is 4.39. The second-order valence-electron chi connectivity index (χ2n) is 8.67. The molecule has 0 aliphatic carbocycles. The van der Waals surface area contributed by atoms with Crippen molar-refractivity contribution in [2.45, 2.75) is 13.0 Å². The van der Waals surface area contributed by atoms with Gasteiger partial charge in [-0.3, -0.25) is 14.5 Å². The number of halogens is 1. The van der Waals surface area contributed by atoms with Crippen LogP contribution in [0.3, 0.4) is 0 Å². The van der Waals surface area contributed by atoms with Crippen LogP contribution in [0.25, 0.3) is 10.8 Å². The van der Waals surface area contributed by atoms with Gasteiger partial charge in [-0.2, -0.15) is 0 Å². The van der Waals surface area contributed by atoms with Crippen LogP contribution in [0, 0.1) is 0 Å². The molecule has 8 heteroatoms. The zero-order valence-corrected chi connectivity index (χ0v) is 20.0. The summed E-state index contributed by atoms with van der Waals surface area (Å²) in [6, 6.07) is 24.9. The van der Waals surface area contributed by atoms with E-state index in [0.29, 0.717) is 16.2 Å². The highest BCUT2D eigenvalue weighted by Crippen LogP contribution is 2.23. The zero-order valence-electron chi connectivity index (χ0n) is 19.2. The molecule has 0 saturated carbocycles. The first-order chi connectivity index (χ1) is 17.1. The molecule has 1 fully saturated rings. The molecule has 0 atom stereocenters. The van der Waals surface area contributed by atoms with Gasteiger partial charge in [0.15, 0.2) is 5.82 Å². The summed E-state index contributed by atoms with van der Waals surface area (Å²) in [5.41, 5.74) is 4.41. The van der Waals surface area contributed by atoms with E-state index in [2.05, 4.69) is 44.6 Å². The number of nitrogens with one attached hydrogen (secondary N) is 1. The summed E-state index contributed by atoms with van der Waals surface area (Å²) in [7, 11) is 0. The number of carbonyl (C=O) groups is 1. The fraction of sp³-hybridized carbons (Fsp3) is 0.222. The highest BCUT2D eigenvalue weighted by atomic mass is 35.5. The van der Waals surface area contributed by atoms with Crippen molar-refractivity contribution in [3.8, 4) is 0 Å². The van der Waals surface area contributed by atoms with E-state index in [9.17, 15) is 9.59 Å².